The molecular weight excluding hydrogens is 314 g/mol. The zero-order valence-electron chi connectivity index (χ0n) is 15.5. The molecule has 25 heavy (non-hydrogen) atoms. The van der Waals surface area contributed by atoms with Crippen molar-refractivity contribution in [3.63, 3.8) is 0 Å². The number of ether oxygens (including phenoxy) is 2. The molecule has 0 saturated heterocycles. The number of hydrogen-bond acceptors (Lipinski definition) is 3. The largest absolute Gasteiger partial charge is 0.491 e. The van der Waals surface area contributed by atoms with Gasteiger partial charge in [-0.1, -0.05) is 38.1 Å². The average molecular weight is 341 g/mol. The molecule has 134 valence electrons. The summed E-state index contributed by atoms with van der Waals surface area (Å²) in [5.41, 5.74) is 3.53. The van der Waals surface area contributed by atoms with Crippen LogP contribution in [0.2, 0.25) is 0 Å². The van der Waals surface area contributed by atoms with E-state index in [1.165, 1.54) is 11.1 Å². The number of nitrogens with one attached hydrogen (secondary N) is 1. The van der Waals surface area contributed by atoms with Gasteiger partial charge in [-0.05, 0) is 54.7 Å². The molecule has 0 fully saturated rings. The van der Waals surface area contributed by atoms with Crippen LogP contribution in [0.25, 0.3) is 0 Å². The Morgan fingerprint density at radius 3 is 2.52 bits per heavy atom. The van der Waals surface area contributed by atoms with Gasteiger partial charge in [0.05, 0.1) is 6.54 Å². The second-order valence-electron chi connectivity index (χ2n) is 6.43. The van der Waals surface area contributed by atoms with E-state index in [0.29, 0.717) is 24.8 Å². The highest BCUT2D eigenvalue weighted by molar-refractivity contribution is 5.77. The van der Waals surface area contributed by atoms with Crippen molar-refractivity contribution in [2.75, 3.05) is 19.8 Å². The summed E-state index contributed by atoms with van der Waals surface area (Å²) in [5.74, 6) is 1.83. The summed E-state index contributed by atoms with van der Waals surface area (Å²) in [7, 11) is 0. The molecule has 0 heterocycles. The van der Waals surface area contributed by atoms with Crippen molar-refractivity contribution in [2.24, 2.45) is 0 Å². The van der Waals surface area contributed by atoms with Gasteiger partial charge in [-0.25, -0.2) is 0 Å². The number of rotatable bonds is 8. The van der Waals surface area contributed by atoms with E-state index in [0.717, 1.165) is 11.3 Å². The zero-order chi connectivity index (χ0) is 18.2. The SMILES string of the molecule is Cc1ccc(OCC(=O)NCCOc2ccccc2C(C)C)cc1C. The van der Waals surface area contributed by atoms with Crippen molar-refractivity contribution >= 4 is 5.91 Å². The number of amides is 1. The lowest BCUT2D eigenvalue weighted by Crippen LogP contribution is -2.32. The predicted octanol–water partition coefficient (Wildman–Crippen LogP) is 4.00. The highest BCUT2D eigenvalue weighted by Crippen LogP contribution is 2.25. The molecule has 2 rings (SSSR count). The molecule has 0 bridgehead atoms. The first-order valence-corrected chi connectivity index (χ1v) is 8.66. The van der Waals surface area contributed by atoms with Crippen LogP contribution in [0.5, 0.6) is 11.5 Å². The molecule has 0 atom stereocenters. The number of benzene rings is 2. The first kappa shape index (κ1) is 18.8. The van der Waals surface area contributed by atoms with Gasteiger partial charge in [0.2, 0.25) is 0 Å². The summed E-state index contributed by atoms with van der Waals surface area (Å²) in [6, 6.07) is 13.8. The van der Waals surface area contributed by atoms with Gasteiger partial charge < -0.3 is 14.8 Å². The van der Waals surface area contributed by atoms with Crippen molar-refractivity contribution in [3.8, 4) is 11.5 Å². The minimum Gasteiger partial charge on any atom is -0.491 e. The fourth-order valence-electron chi connectivity index (χ4n) is 2.44. The third-order valence-corrected chi connectivity index (χ3v) is 4.07. The molecule has 2 aromatic rings. The Bertz CT molecular complexity index is 710. The Hall–Kier alpha value is -2.49. The van der Waals surface area contributed by atoms with Crippen LogP contribution in [0.1, 0.15) is 36.5 Å². The lowest BCUT2D eigenvalue weighted by atomic mass is 10.0. The minimum absolute atomic E-state index is 0.00504. The average Bonchev–Trinajstić information content (AvgIpc) is 2.60. The summed E-state index contributed by atoms with van der Waals surface area (Å²) in [5, 5.41) is 2.81. The quantitative estimate of drug-likeness (QED) is 0.738. The highest BCUT2D eigenvalue weighted by Gasteiger charge is 2.07. The fourth-order valence-corrected chi connectivity index (χ4v) is 2.44. The summed E-state index contributed by atoms with van der Waals surface area (Å²) < 4.78 is 11.3. The number of carbonyl (C=O) groups excluding carboxylic acids is 1. The molecule has 0 spiro atoms. The summed E-state index contributed by atoms with van der Waals surface area (Å²) in [6.45, 7) is 9.21. The van der Waals surface area contributed by atoms with Gasteiger partial charge in [0, 0.05) is 0 Å². The Labute approximate surface area is 150 Å². The molecular formula is C21H27NO3. The third-order valence-electron chi connectivity index (χ3n) is 4.07. The van der Waals surface area contributed by atoms with E-state index in [-0.39, 0.29) is 12.5 Å². The van der Waals surface area contributed by atoms with E-state index >= 15 is 0 Å². The lowest BCUT2D eigenvalue weighted by molar-refractivity contribution is -0.123. The third kappa shape index (κ3) is 5.82. The molecule has 0 aliphatic rings. The van der Waals surface area contributed by atoms with Gasteiger partial charge in [-0.15, -0.1) is 0 Å². The molecule has 2 aromatic carbocycles. The van der Waals surface area contributed by atoms with Crippen LogP contribution in [-0.2, 0) is 4.79 Å². The first-order chi connectivity index (χ1) is 12.0. The second kappa shape index (κ2) is 9.11. The summed E-state index contributed by atoms with van der Waals surface area (Å²) in [4.78, 5) is 11.9. The molecule has 0 aliphatic heterocycles. The van der Waals surface area contributed by atoms with Crippen LogP contribution in [0.4, 0.5) is 0 Å². The Morgan fingerprint density at radius 2 is 1.80 bits per heavy atom. The van der Waals surface area contributed by atoms with Crippen molar-refractivity contribution < 1.29 is 14.3 Å². The van der Waals surface area contributed by atoms with E-state index in [1.54, 1.807) is 0 Å². The highest BCUT2D eigenvalue weighted by atomic mass is 16.5. The molecule has 0 radical (unpaired) electrons. The summed E-state index contributed by atoms with van der Waals surface area (Å²) in [6.07, 6.45) is 0. The van der Waals surface area contributed by atoms with E-state index in [1.807, 2.05) is 50.2 Å². The van der Waals surface area contributed by atoms with Crippen LogP contribution < -0.4 is 14.8 Å². The molecule has 1 N–H and O–H groups in total. The summed E-state index contributed by atoms with van der Waals surface area (Å²) >= 11 is 0. The Balaban J connectivity index is 1.71. The number of para-hydroxylation sites is 1. The monoisotopic (exact) mass is 341 g/mol. The fraction of sp³-hybridized carbons (Fsp3) is 0.381. The van der Waals surface area contributed by atoms with Crippen LogP contribution in [0.15, 0.2) is 42.5 Å². The second-order valence-corrected chi connectivity index (χ2v) is 6.43. The van der Waals surface area contributed by atoms with Gasteiger partial charge >= 0.3 is 0 Å². The van der Waals surface area contributed by atoms with Crippen molar-refractivity contribution in [1.82, 2.24) is 5.32 Å². The van der Waals surface area contributed by atoms with Crippen LogP contribution in [0.3, 0.4) is 0 Å². The van der Waals surface area contributed by atoms with Crippen LogP contribution in [-0.4, -0.2) is 25.7 Å². The van der Waals surface area contributed by atoms with Gasteiger partial charge in [-0.3, -0.25) is 4.79 Å². The maximum Gasteiger partial charge on any atom is 0.258 e. The number of aryl methyl sites for hydroxylation is 2. The van der Waals surface area contributed by atoms with Crippen molar-refractivity contribution in [1.29, 1.82) is 0 Å². The molecule has 0 aromatic heterocycles. The lowest BCUT2D eigenvalue weighted by Gasteiger charge is -2.14. The first-order valence-electron chi connectivity index (χ1n) is 8.66. The van der Waals surface area contributed by atoms with E-state index in [2.05, 4.69) is 25.2 Å². The zero-order valence-corrected chi connectivity index (χ0v) is 15.5. The Morgan fingerprint density at radius 1 is 1.04 bits per heavy atom. The topological polar surface area (TPSA) is 47.6 Å². The van der Waals surface area contributed by atoms with Crippen molar-refractivity contribution in [3.05, 3.63) is 59.2 Å². The van der Waals surface area contributed by atoms with E-state index in [4.69, 9.17) is 9.47 Å². The van der Waals surface area contributed by atoms with Gasteiger partial charge in [0.1, 0.15) is 18.1 Å². The van der Waals surface area contributed by atoms with E-state index in [9.17, 15) is 4.79 Å². The molecule has 4 heteroatoms. The van der Waals surface area contributed by atoms with Crippen LogP contribution >= 0.6 is 0 Å². The smallest absolute Gasteiger partial charge is 0.258 e. The predicted molar refractivity (Wildman–Crippen MR) is 100 cm³/mol. The number of carbonyl (C=O) groups is 1. The minimum atomic E-state index is -0.154. The molecule has 0 aliphatic carbocycles. The normalized spacial score (nSPS) is 10.6. The van der Waals surface area contributed by atoms with Gasteiger partial charge in [0.15, 0.2) is 6.61 Å². The molecule has 1 amide bonds. The molecule has 0 saturated carbocycles. The Kier molecular flexibility index (Phi) is 6.87. The van der Waals surface area contributed by atoms with Gasteiger partial charge in [0.25, 0.3) is 5.91 Å². The van der Waals surface area contributed by atoms with Crippen LogP contribution in [0, 0.1) is 13.8 Å². The van der Waals surface area contributed by atoms with Gasteiger partial charge in [-0.2, -0.15) is 0 Å². The standard InChI is InChI=1S/C21H27NO3/c1-15(2)19-7-5-6-8-20(19)24-12-11-22-21(23)14-25-18-10-9-16(3)17(4)13-18/h5-10,13,15H,11-12,14H2,1-4H3,(H,22,23). The maximum absolute atomic E-state index is 11.9. The number of hydrogen-bond donors (Lipinski definition) is 1. The maximum atomic E-state index is 11.9. The van der Waals surface area contributed by atoms with E-state index < -0.39 is 0 Å². The molecule has 4 nitrogen and oxygen atoms in total. The molecule has 0 unspecified atom stereocenters. The van der Waals surface area contributed by atoms with Crippen molar-refractivity contribution in [2.45, 2.75) is 33.6 Å².